The van der Waals surface area contributed by atoms with Gasteiger partial charge >= 0.3 is 0 Å². The van der Waals surface area contributed by atoms with Crippen LogP contribution in [0.1, 0.15) is 31.9 Å². The van der Waals surface area contributed by atoms with Crippen molar-refractivity contribution < 1.29 is 9.53 Å². The van der Waals surface area contributed by atoms with Crippen molar-refractivity contribution in [2.45, 2.75) is 38.6 Å². The van der Waals surface area contributed by atoms with Crippen LogP contribution in [0.15, 0.2) is 30.6 Å². The van der Waals surface area contributed by atoms with Crippen LogP contribution in [-0.4, -0.2) is 38.7 Å². The van der Waals surface area contributed by atoms with E-state index in [1.165, 1.54) is 6.33 Å². The van der Waals surface area contributed by atoms with Crippen molar-refractivity contribution in [3.63, 3.8) is 0 Å². The highest BCUT2D eigenvalue weighted by Crippen LogP contribution is 2.26. The first-order valence-corrected chi connectivity index (χ1v) is 9.19. The molecule has 0 radical (unpaired) electrons. The standard InChI is InChI=1S/C19H22N6O2/c1-2-7-27-14-5-6-15-16(10-14)20-11-21-19(15)23-17-8-13(24-25-17)9-18(26)22-12-3-4-12/h5-6,8,10-12H,2-4,7,9H2,1H3,(H,22,26)(H2,20,21,23,24,25). The molecule has 1 saturated carbocycles. The third-order valence-electron chi connectivity index (χ3n) is 4.25. The lowest BCUT2D eigenvalue weighted by Gasteiger charge is -2.08. The molecule has 2 aromatic heterocycles. The third kappa shape index (κ3) is 4.33. The minimum Gasteiger partial charge on any atom is -0.494 e. The number of carbonyl (C=O) groups is 1. The summed E-state index contributed by atoms with van der Waals surface area (Å²) in [6, 6.07) is 7.91. The van der Waals surface area contributed by atoms with Gasteiger partial charge in [0, 0.05) is 29.3 Å². The van der Waals surface area contributed by atoms with Crippen molar-refractivity contribution >= 4 is 28.4 Å². The molecule has 1 fully saturated rings. The Labute approximate surface area is 156 Å². The van der Waals surface area contributed by atoms with E-state index in [0.29, 0.717) is 24.3 Å². The highest BCUT2D eigenvalue weighted by Gasteiger charge is 2.23. The molecule has 0 spiro atoms. The molecule has 140 valence electrons. The van der Waals surface area contributed by atoms with E-state index in [1.807, 2.05) is 24.3 Å². The Kier molecular flexibility index (Phi) is 4.86. The molecule has 3 N–H and O–H groups in total. The Bertz CT molecular complexity index is 950. The van der Waals surface area contributed by atoms with Gasteiger partial charge in [-0.3, -0.25) is 9.89 Å². The minimum absolute atomic E-state index is 0.0137. The van der Waals surface area contributed by atoms with E-state index < -0.39 is 0 Å². The van der Waals surface area contributed by atoms with E-state index in [2.05, 4.69) is 37.7 Å². The van der Waals surface area contributed by atoms with Gasteiger partial charge in [-0.05, 0) is 31.4 Å². The fourth-order valence-electron chi connectivity index (χ4n) is 2.76. The number of anilines is 2. The van der Waals surface area contributed by atoms with Crippen molar-refractivity contribution in [1.82, 2.24) is 25.5 Å². The molecule has 1 aromatic carbocycles. The van der Waals surface area contributed by atoms with Gasteiger partial charge < -0.3 is 15.4 Å². The Morgan fingerprint density at radius 1 is 1.30 bits per heavy atom. The molecule has 0 atom stereocenters. The maximum atomic E-state index is 11.9. The quantitative estimate of drug-likeness (QED) is 0.566. The number of benzene rings is 1. The van der Waals surface area contributed by atoms with Gasteiger partial charge in [0.1, 0.15) is 17.9 Å². The van der Waals surface area contributed by atoms with E-state index in [1.54, 1.807) is 0 Å². The Hall–Kier alpha value is -3.16. The van der Waals surface area contributed by atoms with Crippen LogP contribution in [0.2, 0.25) is 0 Å². The van der Waals surface area contributed by atoms with Gasteiger partial charge in [-0.15, -0.1) is 0 Å². The zero-order chi connectivity index (χ0) is 18.6. The predicted molar refractivity (Wildman–Crippen MR) is 102 cm³/mol. The third-order valence-corrected chi connectivity index (χ3v) is 4.25. The summed E-state index contributed by atoms with van der Waals surface area (Å²) in [4.78, 5) is 20.5. The topological polar surface area (TPSA) is 105 Å². The summed E-state index contributed by atoms with van der Waals surface area (Å²) in [7, 11) is 0. The monoisotopic (exact) mass is 366 g/mol. The largest absolute Gasteiger partial charge is 0.494 e. The van der Waals surface area contributed by atoms with Crippen molar-refractivity contribution in [3.8, 4) is 5.75 Å². The Morgan fingerprint density at radius 2 is 2.19 bits per heavy atom. The molecule has 1 aliphatic carbocycles. The van der Waals surface area contributed by atoms with Crippen molar-refractivity contribution in [2.24, 2.45) is 0 Å². The number of aromatic amines is 1. The van der Waals surface area contributed by atoms with Crippen LogP contribution < -0.4 is 15.4 Å². The van der Waals surface area contributed by atoms with Gasteiger partial charge in [0.05, 0.1) is 18.5 Å². The summed E-state index contributed by atoms with van der Waals surface area (Å²) in [5.41, 5.74) is 1.55. The molecule has 3 aromatic rings. The fourth-order valence-corrected chi connectivity index (χ4v) is 2.76. The van der Waals surface area contributed by atoms with Crippen molar-refractivity contribution in [2.75, 3.05) is 11.9 Å². The van der Waals surface area contributed by atoms with Gasteiger partial charge in [-0.2, -0.15) is 5.10 Å². The number of nitrogens with one attached hydrogen (secondary N) is 3. The van der Waals surface area contributed by atoms with Crippen molar-refractivity contribution in [1.29, 1.82) is 0 Å². The highest BCUT2D eigenvalue weighted by molar-refractivity contribution is 5.91. The lowest BCUT2D eigenvalue weighted by Crippen LogP contribution is -2.27. The number of nitrogens with zero attached hydrogens (tertiary/aromatic N) is 3. The zero-order valence-corrected chi connectivity index (χ0v) is 15.2. The maximum Gasteiger partial charge on any atom is 0.226 e. The SMILES string of the molecule is CCCOc1ccc2c(Nc3cc(CC(=O)NC4CC4)[nH]n3)ncnc2c1. The highest BCUT2D eigenvalue weighted by atomic mass is 16.5. The van der Waals surface area contributed by atoms with Crippen LogP contribution in [0.3, 0.4) is 0 Å². The van der Waals surface area contributed by atoms with Crippen LogP contribution >= 0.6 is 0 Å². The van der Waals surface area contributed by atoms with Crippen LogP contribution in [-0.2, 0) is 11.2 Å². The molecule has 1 aliphatic rings. The van der Waals surface area contributed by atoms with Gasteiger partial charge in [0.25, 0.3) is 0 Å². The number of hydrogen-bond donors (Lipinski definition) is 3. The lowest BCUT2D eigenvalue weighted by atomic mass is 10.2. The van der Waals surface area contributed by atoms with Gasteiger partial charge in [0.15, 0.2) is 5.82 Å². The number of ether oxygens (including phenoxy) is 1. The molecule has 8 heteroatoms. The van der Waals surface area contributed by atoms with Crippen LogP contribution in [0.5, 0.6) is 5.75 Å². The van der Waals surface area contributed by atoms with Gasteiger partial charge in [0.2, 0.25) is 5.91 Å². The molecule has 1 amide bonds. The summed E-state index contributed by atoms with van der Waals surface area (Å²) in [5, 5.41) is 14.1. The van der Waals surface area contributed by atoms with E-state index in [9.17, 15) is 4.79 Å². The van der Waals surface area contributed by atoms with Crippen LogP contribution in [0, 0.1) is 0 Å². The average molecular weight is 366 g/mol. The molecular formula is C19H22N6O2. The molecule has 8 nitrogen and oxygen atoms in total. The average Bonchev–Trinajstić information content (AvgIpc) is 3.37. The molecule has 0 unspecified atom stereocenters. The number of aromatic nitrogens is 4. The van der Waals surface area contributed by atoms with Gasteiger partial charge in [-0.25, -0.2) is 9.97 Å². The first kappa shape index (κ1) is 17.3. The summed E-state index contributed by atoms with van der Waals surface area (Å²) in [6.07, 6.45) is 4.90. The first-order chi connectivity index (χ1) is 13.2. The van der Waals surface area contributed by atoms with E-state index >= 15 is 0 Å². The molecular weight excluding hydrogens is 344 g/mol. The Balaban J connectivity index is 1.47. The summed E-state index contributed by atoms with van der Waals surface area (Å²) in [6.45, 7) is 2.74. The number of H-pyrrole nitrogens is 1. The molecule has 2 heterocycles. The fraction of sp³-hybridized carbons (Fsp3) is 0.368. The smallest absolute Gasteiger partial charge is 0.226 e. The molecule has 0 aliphatic heterocycles. The number of carbonyl (C=O) groups excluding carboxylic acids is 1. The first-order valence-electron chi connectivity index (χ1n) is 9.19. The number of amides is 1. The van der Waals surface area contributed by atoms with Crippen LogP contribution in [0.25, 0.3) is 10.9 Å². The number of fused-ring (bicyclic) bond motifs is 1. The van der Waals surface area contributed by atoms with E-state index in [0.717, 1.165) is 41.6 Å². The second-order valence-electron chi connectivity index (χ2n) is 6.67. The number of hydrogen-bond acceptors (Lipinski definition) is 6. The summed E-state index contributed by atoms with van der Waals surface area (Å²) >= 11 is 0. The van der Waals surface area contributed by atoms with Crippen molar-refractivity contribution in [3.05, 3.63) is 36.3 Å². The number of rotatable bonds is 8. The Morgan fingerprint density at radius 3 is 3.00 bits per heavy atom. The lowest BCUT2D eigenvalue weighted by molar-refractivity contribution is -0.120. The minimum atomic E-state index is 0.0137. The van der Waals surface area contributed by atoms with Crippen LogP contribution in [0.4, 0.5) is 11.6 Å². The second-order valence-corrected chi connectivity index (χ2v) is 6.67. The maximum absolute atomic E-state index is 11.9. The molecule has 27 heavy (non-hydrogen) atoms. The zero-order valence-electron chi connectivity index (χ0n) is 15.2. The molecule has 0 saturated heterocycles. The van der Waals surface area contributed by atoms with Gasteiger partial charge in [-0.1, -0.05) is 6.92 Å². The molecule has 0 bridgehead atoms. The normalized spacial score (nSPS) is 13.5. The van der Waals surface area contributed by atoms with E-state index in [4.69, 9.17) is 4.74 Å². The predicted octanol–water partition coefficient (Wildman–Crippen LogP) is 2.71. The second kappa shape index (κ2) is 7.61. The summed E-state index contributed by atoms with van der Waals surface area (Å²) < 4.78 is 5.66. The molecule has 4 rings (SSSR count). The summed E-state index contributed by atoms with van der Waals surface area (Å²) in [5.74, 6) is 2.07. The van der Waals surface area contributed by atoms with E-state index in [-0.39, 0.29) is 12.3 Å².